The van der Waals surface area contributed by atoms with Crippen LogP contribution in [0.15, 0.2) is 36.0 Å². The maximum absolute atomic E-state index is 13.2. The number of rotatable bonds is 3. The van der Waals surface area contributed by atoms with Crippen molar-refractivity contribution in [3.05, 3.63) is 47.2 Å². The topological polar surface area (TPSA) is 58.2 Å². The lowest BCUT2D eigenvalue weighted by Gasteiger charge is -2.58. The Morgan fingerprint density at radius 2 is 1.82 bits per heavy atom. The molecule has 1 aromatic rings. The highest BCUT2D eigenvalue weighted by Crippen LogP contribution is 2.64. The Morgan fingerprint density at radius 3 is 2.53 bits per heavy atom. The summed E-state index contributed by atoms with van der Waals surface area (Å²) in [5.74, 6) is 1.62. The quantitative estimate of drug-likeness (QED) is 0.630. The zero-order valence-corrected chi connectivity index (χ0v) is 19.8. The van der Waals surface area contributed by atoms with E-state index >= 15 is 0 Å². The van der Waals surface area contributed by atoms with Gasteiger partial charge in [0.15, 0.2) is 5.78 Å². The van der Waals surface area contributed by atoms with E-state index in [0.29, 0.717) is 29.7 Å². The van der Waals surface area contributed by atoms with Gasteiger partial charge >= 0.3 is 6.18 Å². The Hall–Kier alpha value is -2.31. The summed E-state index contributed by atoms with van der Waals surface area (Å²) in [7, 11) is 0. The molecule has 0 aromatic heterocycles. The number of alkyl halides is 3. The lowest BCUT2D eigenvalue weighted by molar-refractivity contribution is -0.137. The average molecular weight is 475 g/mol. The molecule has 3 fully saturated rings. The lowest BCUT2D eigenvalue weighted by Crippen LogP contribution is -2.57. The summed E-state index contributed by atoms with van der Waals surface area (Å²) in [6, 6.07) is 4.99. The molecule has 1 aromatic carbocycles. The molecule has 0 unspecified atom stereocenters. The maximum atomic E-state index is 13.2. The van der Waals surface area contributed by atoms with E-state index in [9.17, 15) is 22.8 Å². The van der Waals surface area contributed by atoms with E-state index in [1.54, 1.807) is 0 Å². The Balaban J connectivity index is 1.27. The van der Waals surface area contributed by atoms with Gasteiger partial charge in [0.25, 0.3) is 0 Å². The van der Waals surface area contributed by atoms with Gasteiger partial charge in [0.05, 0.1) is 5.56 Å². The number of piperidine rings is 1. The lowest BCUT2D eigenvalue weighted by atomic mass is 9.50. The number of hydrogen-bond donors (Lipinski definition) is 2. The SMILES string of the molecule is C[C@]12CC[C@H]3[C@@H](CNC4=CC(=O)CC[C@@]43C)[C@@H]1CC[C@@H]2C(=O)NCc1ccc(C(F)(F)F)cc1. The molecule has 7 heteroatoms. The largest absolute Gasteiger partial charge is 0.416 e. The van der Waals surface area contributed by atoms with E-state index < -0.39 is 11.7 Å². The van der Waals surface area contributed by atoms with Crippen LogP contribution in [0.4, 0.5) is 13.2 Å². The summed E-state index contributed by atoms with van der Waals surface area (Å²) < 4.78 is 38.4. The van der Waals surface area contributed by atoms with Crippen molar-refractivity contribution < 1.29 is 22.8 Å². The minimum absolute atomic E-state index is 0.0150. The fourth-order valence-electron chi connectivity index (χ4n) is 7.70. The summed E-state index contributed by atoms with van der Waals surface area (Å²) >= 11 is 0. The molecule has 1 saturated heterocycles. The number of fused-ring (bicyclic) bond motifs is 5. The first-order chi connectivity index (χ1) is 16.0. The molecule has 4 nitrogen and oxygen atoms in total. The molecule has 1 aliphatic heterocycles. The third kappa shape index (κ3) is 3.75. The average Bonchev–Trinajstić information content (AvgIpc) is 3.15. The normalized spacial score (nSPS) is 37.1. The third-order valence-electron chi connectivity index (χ3n) is 9.66. The van der Waals surface area contributed by atoms with Crippen LogP contribution in [-0.2, 0) is 22.3 Å². The van der Waals surface area contributed by atoms with Gasteiger partial charge < -0.3 is 10.6 Å². The van der Waals surface area contributed by atoms with E-state index in [2.05, 4.69) is 24.5 Å². The van der Waals surface area contributed by atoms with Crippen molar-refractivity contribution in [2.75, 3.05) is 6.54 Å². The number of amides is 1. The Kier molecular flexibility index (Phi) is 5.60. The van der Waals surface area contributed by atoms with Gasteiger partial charge in [-0.1, -0.05) is 26.0 Å². The summed E-state index contributed by atoms with van der Waals surface area (Å²) in [6.07, 6.45) is 2.89. The van der Waals surface area contributed by atoms with Crippen molar-refractivity contribution >= 4 is 11.7 Å². The van der Waals surface area contributed by atoms with E-state index in [1.165, 1.54) is 12.1 Å². The molecule has 184 valence electrons. The molecule has 1 amide bonds. The van der Waals surface area contributed by atoms with Gasteiger partial charge in [0.1, 0.15) is 0 Å². The van der Waals surface area contributed by atoms with Gasteiger partial charge in [-0.25, -0.2) is 0 Å². The number of allylic oxidation sites excluding steroid dienone is 2. The fourth-order valence-corrected chi connectivity index (χ4v) is 7.70. The van der Waals surface area contributed by atoms with Gasteiger partial charge in [-0.05, 0) is 73.0 Å². The highest BCUT2D eigenvalue weighted by atomic mass is 19.4. The highest BCUT2D eigenvalue weighted by molar-refractivity contribution is 5.91. The first kappa shape index (κ1) is 23.4. The third-order valence-corrected chi connectivity index (χ3v) is 9.66. The summed E-state index contributed by atoms with van der Waals surface area (Å²) in [4.78, 5) is 25.2. The smallest absolute Gasteiger partial charge is 0.387 e. The number of carbonyl (C=O) groups is 2. The number of nitrogens with one attached hydrogen (secondary N) is 2. The van der Waals surface area contributed by atoms with E-state index in [4.69, 9.17) is 0 Å². The predicted octanol–water partition coefficient (Wildman–Crippen LogP) is 5.24. The second-order valence-electron chi connectivity index (χ2n) is 11.3. The predicted molar refractivity (Wildman–Crippen MR) is 122 cm³/mol. The maximum Gasteiger partial charge on any atom is 0.416 e. The monoisotopic (exact) mass is 474 g/mol. The number of ketones is 1. The molecule has 2 saturated carbocycles. The second kappa shape index (κ2) is 8.13. The fraction of sp³-hybridized carbons (Fsp3) is 0.630. The highest BCUT2D eigenvalue weighted by Gasteiger charge is 2.60. The van der Waals surface area contributed by atoms with Crippen LogP contribution in [-0.4, -0.2) is 18.2 Å². The minimum Gasteiger partial charge on any atom is -0.387 e. The number of hydrogen-bond acceptors (Lipinski definition) is 3. The molecule has 3 aliphatic carbocycles. The van der Waals surface area contributed by atoms with Gasteiger partial charge in [0, 0.05) is 42.6 Å². The van der Waals surface area contributed by atoms with Crippen molar-refractivity contribution in [3.8, 4) is 0 Å². The Labute approximate surface area is 198 Å². The van der Waals surface area contributed by atoms with Gasteiger partial charge in [-0.2, -0.15) is 13.2 Å². The van der Waals surface area contributed by atoms with Crippen molar-refractivity contribution in [1.82, 2.24) is 10.6 Å². The molecule has 6 atom stereocenters. The number of halogens is 3. The number of carbonyl (C=O) groups excluding carboxylic acids is 2. The molecule has 0 bridgehead atoms. The number of benzene rings is 1. The zero-order chi connectivity index (χ0) is 24.3. The first-order valence-electron chi connectivity index (χ1n) is 12.4. The molecule has 1 heterocycles. The van der Waals surface area contributed by atoms with Crippen LogP contribution in [0, 0.1) is 34.5 Å². The van der Waals surface area contributed by atoms with Gasteiger partial charge in [0.2, 0.25) is 5.91 Å². The zero-order valence-electron chi connectivity index (χ0n) is 19.8. The van der Waals surface area contributed by atoms with Crippen LogP contribution in [0.5, 0.6) is 0 Å². The van der Waals surface area contributed by atoms with Crippen LogP contribution in [0.3, 0.4) is 0 Å². The minimum atomic E-state index is -4.36. The molecular formula is C27H33F3N2O2. The van der Waals surface area contributed by atoms with E-state index in [0.717, 1.165) is 56.5 Å². The van der Waals surface area contributed by atoms with E-state index in [1.807, 2.05) is 6.08 Å². The van der Waals surface area contributed by atoms with Crippen molar-refractivity contribution in [2.24, 2.45) is 34.5 Å². The first-order valence-corrected chi connectivity index (χ1v) is 12.4. The van der Waals surface area contributed by atoms with Gasteiger partial charge in [-0.15, -0.1) is 0 Å². The molecule has 2 N–H and O–H groups in total. The van der Waals surface area contributed by atoms with Crippen LogP contribution in [0.2, 0.25) is 0 Å². The van der Waals surface area contributed by atoms with Crippen LogP contribution in [0.1, 0.15) is 63.5 Å². The summed E-state index contributed by atoms with van der Waals surface area (Å²) in [5.41, 5.74) is 1.04. The molecule has 34 heavy (non-hydrogen) atoms. The standard InChI is InChI=1S/C27H33F3N2O2/c1-25-12-10-21-19(15-31-23-13-18(33)9-11-26(21,23)2)20(25)7-8-22(25)24(34)32-14-16-3-5-17(6-4-16)27(28,29)30/h3-6,13,19-22,31H,7-12,14-15H2,1-2H3,(H,32,34)/t19-,20-,21-,22+,25-,26+/m0/s1. The van der Waals surface area contributed by atoms with Crippen LogP contribution < -0.4 is 10.6 Å². The molecule has 0 spiro atoms. The van der Waals surface area contributed by atoms with Crippen molar-refractivity contribution in [3.63, 3.8) is 0 Å². The van der Waals surface area contributed by atoms with Crippen LogP contribution in [0.25, 0.3) is 0 Å². The molecule has 0 radical (unpaired) electrons. The van der Waals surface area contributed by atoms with Crippen LogP contribution >= 0.6 is 0 Å². The van der Waals surface area contributed by atoms with Crippen molar-refractivity contribution in [2.45, 2.75) is 65.1 Å². The van der Waals surface area contributed by atoms with Gasteiger partial charge in [-0.3, -0.25) is 9.59 Å². The Morgan fingerprint density at radius 1 is 1.09 bits per heavy atom. The molecular weight excluding hydrogens is 441 g/mol. The second-order valence-corrected chi connectivity index (χ2v) is 11.3. The Bertz CT molecular complexity index is 1020. The summed E-state index contributed by atoms with van der Waals surface area (Å²) in [6.45, 7) is 5.67. The molecule has 4 aliphatic rings. The van der Waals surface area contributed by atoms with Crippen molar-refractivity contribution in [1.29, 1.82) is 0 Å². The summed E-state index contributed by atoms with van der Waals surface area (Å²) in [5, 5.41) is 6.59. The molecule has 5 rings (SSSR count). The van der Waals surface area contributed by atoms with E-state index in [-0.39, 0.29) is 35.0 Å².